The number of amides is 2. The topological polar surface area (TPSA) is 288 Å². The van der Waals surface area contributed by atoms with Crippen LogP contribution in [0, 0.1) is 16.2 Å². The summed E-state index contributed by atoms with van der Waals surface area (Å²) in [6, 6.07) is 24.1. The number of aryl methyl sites for hydroxylation is 2. The van der Waals surface area contributed by atoms with Crippen molar-refractivity contribution >= 4 is 90.9 Å². The van der Waals surface area contributed by atoms with E-state index in [2.05, 4.69) is 104 Å². The Morgan fingerprint density at radius 1 is 0.558 bits per heavy atom. The summed E-state index contributed by atoms with van der Waals surface area (Å²) in [5.41, 5.74) is 16.3. The first-order chi connectivity index (χ1) is 49.8. The molecular weight excluding hydrogens is 1380 g/mol. The Hall–Kier alpha value is -9.83. The number of fused-ring (bicyclic) bond motifs is 5. The molecule has 0 bridgehead atoms. The number of methoxy groups -OCH3 is 2. The molecule has 7 aromatic heterocycles. The average molecular weight is 1480 g/mol. The van der Waals surface area contributed by atoms with E-state index < -0.39 is 17.3 Å². The second-order valence-corrected chi connectivity index (χ2v) is 31.7. The molecule has 9 aromatic rings. The maximum atomic E-state index is 12.3. The molecule has 28 heteroatoms. The maximum absolute atomic E-state index is 12.3. The lowest BCUT2D eigenvalue weighted by atomic mass is 9.90. The summed E-state index contributed by atoms with van der Waals surface area (Å²) >= 11 is 3.51. The standard InChI is InChI=1S/C32H40N8O3.C24H31BrN6O3.C20H25N7/c1-31(2,3)43-30(41)35-20-32(4)14-17-38(21-32)26-18-34-27-28(36-26)40(19-22-10-12-23(42-5)13-11-22)37-29(27)39-16-7-8-24-25(39)9-6-15-33-24;1-23(2,3)34-22(32)27-14-24(4)10-11-30(15-24)18-12-26-19-20(25)29-31(21(19)28-18)13-16-6-8-17(33-5)9-7-16;1-20(12-21)6-9-26(13-20)17-11-23-18-15(25-17)10-24-19(18)27-8-3-4-14-16(27)5-2-7-22-14/h6,9-13,15,18H,7-8,14,16-17,19-21H2,1-5H3,(H,35,41);6-9,12H,10-11,13-15H2,1-5H3,(H,27,32);2,5,7,11H,3-4,6,8-10,12-13,21H2,1H3. The Morgan fingerprint density at radius 3 is 1.53 bits per heavy atom. The highest BCUT2D eigenvalue weighted by atomic mass is 79.9. The summed E-state index contributed by atoms with van der Waals surface area (Å²) in [5, 5.41) is 15.6. The van der Waals surface area contributed by atoms with Crippen LogP contribution in [0.3, 0.4) is 0 Å². The number of carbonyl (C=O) groups excluding carboxylic acids is 2. The van der Waals surface area contributed by atoms with Gasteiger partial charge in [0.2, 0.25) is 0 Å². The number of halogens is 1. The molecule has 3 saturated heterocycles. The van der Waals surface area contributed by atoms with Crippen LogP contribution in [0.1, 0.15) is 128 Å². The largest absolute Gasteiger partial charge is 0.497 e. The Bertz CT molecular complexity index is 4600. The zero-order chi connectivity index (χ0) is 73.1. The van der Waals surface area contributed by atoms with Gasteiger partial charge in [0.25, 0.3) is 0 Å². The van der Waals surface area contributed by atoms with E-state index in [0.29, 0.717) is 43.9 Å². The number of nitrogens with one attached hydrogen (secondary N) is 2. The van der Waals surface area contributed by atoms with Crippen LogP contribution < -0.4 is 50.3 Å². The van der Waals surface area contributed by atoms with Gasteiger partial charge in [-0.3, -0.25) is 15.0 Å². The van der Waals surface area contributed by atoms with Crippen LogP contribution >= 0.6 is 15.9 Å². The van der Waals surface area contributed by atoms with Crippen molar-refractivity contribution in [1.29, 1.82) is 0 Å². The first kappa shape index (κ1) is 72.5. The van der Waals surface area contributed by atoms with Crippen molar-refractivity contribution in [3.05, 3.63) is 142 Å². The summed E-state index contributed by atoms with van der Waals surface area (Å²) in [6.45, 7) is 28.1. The van der Waals surface area contributed by atoms with Gasteiger partial charge in [-0.05, 0) is 174 Å². The van der Waals surface area contributed by atoms with Gasteiger partial charge in [-0.25, -0.2) is 48.9 Å². The van der Waals surface area contributed by atoms with E-state index in [0.717, 1.165) is 206 Å². The molecule has 6 aliphatic rings. The zero-order valence-corrected chi connectivity index (χ0v) is 63.2. The fourth-order valence-electron chi connectivity index (χ4n) is 14.2. The summed E-state index contributed by atoms with van der Waals surface area (Å²) in [5.74, 6) is 5.91. The number of amidine groups is 1. The minimum Gasteiger partial charge on any atom is -0.497 e. The molecule has 0 radical (unpaired) electrons. The van der Waals surface area contributed by atoms with Crippen molar-refractivity contribution < 1.29 is 28.5 Å². The van der Waals surface area contributed by atoms with Gasteiger partial charge in [-0.15, -0.1) is 0 Å². The molecule has 27 nitrogen and oxygen atoms in total. The predicted octanol–water partition coefficient (Wildman–Crippen LogP) is 11.3. The molecular formula is C76H96BrN21O6. The number of alkyl carbamates (subject to hydrolysis) is 2. The number of nitrogens with two attached hydrogens (primary N) is 1. The van der Waals surface area contributed by atoms with Gasteiger partial charge in [0.05, 0.1) is 80.9 Å². The van der Waals surface area contributed by atoms with E-state index >= 15 is 0 Å². The molecule has 0 spiro atoms. The zero-order valence-electron chi connectivity index (χ0n) is 61.6. The lowest BCUT2D eigenvalue weighted by Gasteiger charge is -2.30. The molecule has 13 heterocycles. The first-order valence-electron chi connectivity index (χ1n) is 35.9. The van der Waals surface area contributed by atoms with Gasteiger partial charge in [-0.2, -0.15) is 10.2 Å². The third kappa shape index (κ3) is 16.7. The van der Waals surface area contributed by atoms with E-state index in [-0.39, 0.29) is 22.3 Å². The van der Waals surface area contributed by atoms with E-state index in [9.17, 15) is 9.59 Å². The minimum absolute atomic E-state index is 0.0858. The van der Waals surface area contributed by atoms with Crippen molar-refractivity contribution in [3.8, 4) is 11.5 Å². The number of benzene rings is 2. The molecule has 3 unspecified atom stereocenters. The van der Waals surface area contributed by atoms with Crippen molar-refractivity contribution in [1.82, 2.24) is 70.1 Å². The number of hydrogen-bond donors (Lipinski definition) is 3. The van der Waals surface area contributed by atoms with E-state index in [1.807, 2.05) is 136 Å². The number of rotatable bonds is 15. The van der Waals surface area contributed by atoms with Crippen LogP contribution in [0.4, 0.5) is 44.2 Å². The third-order valence-electron chi connectivity index (χ3n) is 19.9. The fraction of sp³-hybridized carbons (Fsp3) is 0.487. The van der Waals surface area contributed by atoms with Gasteiger partial charge < -0.3 is 59.8 Å². The quantitative estimate of drug-likeness (QED) is 0.0859. The highest BCUT2D eigenvalue weighted by Crippen LogP contribution is 2.40. The average Bonchev–Trinajstić information content (AvgIpc) is 1.60. The van der Waals surface area contributed by atoms with Crippen LogP contribution in [0.25, 0.3) is 22.3 Å². The Kier molecular flexibility index (Phi) is 21.0. The Balaban J connectivity index is 0.000000142. The molecule has 0 saturated carbocycles. The number of carbonyl (C=O) groups is 2. The van der Waals surface area contributed by atoms with Crippen LogP contribution in [-0.4, -0.2) is 175 Å². The number of aromatic nitrogens is 12. The molecule has 4 N–H and O–H groups in total. The second kappa shape index (κ2) is 30.1. The highest BCUT2D eigenvalue weighted by molar-refractivity contribution is 9.10. The van der Waals surface area contributed by atoms with Crippen LogP contribution in [-0.2, 0) is 41.9 Å². The van der Waals surface area contributed by atoms with Gasteiger partial charge in [0.15, 0.2) is 33.1 Å². The van der Waals surface area contributed by atoms with E-state index in [1.165, 1.54) is 0 Å². The maximum Gasteiger partial charge on any atom is 0.407 e. The van der Waals surface area contributed by atoms with Crippen molar-refractivity contribution in [2.45, 2.75) is 138 Å². The van der Waals surface area contributed by atoms with E-state index in [1.54, 1.807) is 20.4 Å². The molecule has 3 fully saturated rings. The number of anilines is 6. The molecule has 0 aliphatic carbocycles. The molecule has 15 rings (SSSR count). The van der Waals surface area contributed by atoms with Crippen LogP contribution in [0.2, 0.25) is 0 Å². The predicted molar refractivity (Wildman–Crippen MR) is 407 cm³/mol. The second-order valence-electron chi connectivity index (χ2n) is 30.9. The number of aliphatic imine (C=N–C) groups is 1. The van der Waals surface area contributed by atoms with Crippen LogP contribution in [0.5, 0.6) is 11.5 Å². The third-order valence-corrected chi connectivity index (χ3v) is 20.4. The van der Waals surface area contributed by atoms with Gasteiger partial charge in [0, 0.05) is 88.7 Å². The summed E-state index contributed by atoms with van der Waals surface area (Å²) in [6.07, 6.45) is 15.5. The molecule has 6 aliphatic heterocycles. The van der Waals surface area contributed by atoms with Gasteiger partial charge in [-0.1, -0.05) is 45.0 Å². The molecule has 104 heavy (non-hydrogen) atoms. The lowest BCUT2D eigenvalue weighted by Crippen LogP contribution is -2.40. The summed E-state index contributed by atoms with van der Waals surface area (Å²) < 4.78 is 25.9. The molecule has 2 aromatic carbocycles. The Morgan fingerprint density at radius 2 is 1.02 bits per heavy atom. The molecule has 548 valence electrons. The van der Waals surface area contributed by atoms with Gasteiger partial charge >= 0.3 is 12.2 Å². The fourth-order valence-corrected chi connectivity index (χ4v) is 14.6. The monoisotopic (exact) mass is 1480 g/mol. The molecule has 3 atom stereocenters. The van der Waals surface area contributed by atoms with Crippen LogP contribution in [0.15, 0.2) is 113 Å². The summed E-state index contributed by atoms with van der Waals surface area (Å²) in [7, 11) is 3.32. The van der Waals surface area contributed by atoms with Crippen molar-refractivity contribution in [3.63, 3.8) is 0 Å². The SMILES string of the molecule is CC1(CN)CCN(c2cnc3c(n2)CN=C3N2CCCc3ncccc32)C1.COc1ccc(Cn2nc(Br)c3ncc(N4CCC(C)(CNC(=O)OC(C)(C)C)C4)nc32)cc1.COc1ccc(Cn2nc(N3CCCc4ncccc43)c3ncc(N4CCC(C)(CNC(=O)OC(C)(C)C)C4)nc32)cc1. The number of nitrogens with zero attached hydrogens (tertiary/aromatic N) is 18. The smallest absolute Gasteiger partial charge is 0.407 e. The normalized spacial score (nSPS) is 19.9. The van der Waals surface area contributed by atoms with E-state index in [4.69, 9.17) is 59.7 Å². The summed E-state index contributed by atoms with van der Waals surface area (Å²) in [4.78, 5) is 78.9. The number of ether oxygens (including phenoxy) is 4. The van der Waals surface area contributed by atoms with Crippen molar-refractivity contribution in [2.75, 3.05) is 111 Å². The molecule has 2 amide bonds. The highest BCUT2D eigenvalue weighted by Gasteiger charge is 2.39. The number of pyridine rings is 2. The lowest BCUT2D eigenvalue weighted by molar-refractivity contribution is 0.0496. The van der Waals surface area contributed by atoms with Gasteiger partial charge in [0.1, 0.15) is 51.4 Å². The Labute approximate surface area is 615 Å². The van der Waals surface area contributed by atoms with Crippen molar-refractivity contribution in [2.24, 2.45) is 27.0 Å². The number of hydrogen-bond acceptors (Lipinski definition) is 23. The first-order valence-corrected chi connectivity index (χ1v) is 36.7. The minimum atomic E-state index is -0.530.